The average Bonchev–Trinajstić information content (AvgIpc) is 2.81. The van der Waals surface area contributed by atoms with Crippen LogP contribution < -0.4 is 11.1 Å². The Labute approximate surface area is 108 Å². The maximum absolute atomic E-state index is 5.65. The highest BCUT2D eigenvalue weighted by Gasteiger charge is 2.09. The number of hydrogen-bond acceptors (Lipinski definition) is 8. The van der Waals surface area contributed by atoms with Gasteiger partial charge < -0.3 is 11.1 Å². The first-order valence-corrected chi connectivity index (χ1v) is 6.70. The fraction of sp³-hybridized carbons (Fsp3) is 0.444. The van der Waals surface area contributed by atoms with E-state index in [0.29, 0.717) is 11.9 Å². The molecule has 0 fully saturated rings. The summed E-state index contributed by atoms with van der Waals surface area (Å²) in [4.78, 5) is 16.1. The Morgan fingerprint density at radius 3 is 2.94 bits per heavy atom. The van der Waals surface area contributed by atoms with Crippen molar-refractivity contribution in [2.24, 2.45) is 0 Å². The Balaban J connectivity index is 2.22. The van der Waals surface area contributed by atoms with Gasteiger partial charge in [0.1, 0.15) is 12.7 Å². The lowest BCUT2D eigenvalue weighted by Crippen LogP contribution is -2.21. The van der Waals surface area contributed by atoms with Crippen molar-refractivity contribution in [3.8, 4) is 5.95 Å². The first-order chi connectivity index (χ1) is 8.69. The molecule has 0 bridgehead atoms. The Bertz CT molecular complexity index is 499. The maximum atomic E-state index is 5.65. The predicted molar refractivity (Wildman–Crippen MR) is 70.6 cm³/mol. The molecule has 0 amide bonds. The van der Waals surface area contributed by atoms with Crippen LogP contribution in [-0.4, -0.2) is 47.8 Å². The fourth-order valence-corrected chi connectivity index (χ4v) is 1.95. The Morgan fingerprint density at radius 1 is 1.44 bits per heavy atom. The summed E-state index contributed by atoms with van der Waals surface area (Å²) in [5.41, 5.74) is 5.65. The maximum Gasteiger partial charge on any atom is 0.258 e. The van der Waals surface area contributed by atoms with Gasteiger partial charge >= 0.3 is 0 Å². The summed E-state index contributed by atoms with van der Waals surface area (Å²) in [5, 5.41) is 7.11. The number of nitrogens with zero attached hydrogens (tertiary/aromatic N) is 6. The van der Waals surface area contributed by atoms with E-state index >= 15 is 0 Å². The van der Waals surface area contributed by atoms with Gasteiger partial charge in [-0.1, -0.05) is 0 Å². The van der Waals surface area contributed by atoms with Gasteiger partial charge in [0.15, 0.2) is 0 Å². The van der Waals surface area contributed by atoms with Crippen molar-refractivity contribution in [1.29, 1.82) is 0 Å². The van der Waals surface area contributed by atoms with Gasteiger partial charge in [0.25, 0.3) is 5.95 Å². The minimum Gasteiger partial charge on any atom is -0.368 e. The Kier molecular flexibility index (Phi) is 3.92. The highest BCUT2D eigenvalue weighted by atomic mass is 32.2. The molecule has 0 saturated heterocycles. The number of nitrogens with one attached hydrogen (secondary N) is 1. The largest absolute Gasteiger partial charge is 0.368 e. The lowest BCUT2D eigenvalue weighted by atomic mass is 10.4. The number of thioether (sulfide) groups is 1. The topological polar surface area (TPSA) is 107 Å². The number of nitrogen functional groups attached to an aromatic ring is 1. The van der Waals surface area contributed by atoms with Crippen molar-refractivity contribution < 1.29 is 0 Å². The number of aromatic nitrogens is 6. The smallest absolute Gasteiger partial charge is 0.258 e. The van der Waals surface area contributed by atoms with Crippen LogP contribution in [0.5, 0.6) is 0 Å². The van der Waals surface area contributed by atoms with Gasteiger partial charge in [0.05, 0.1) is 0 Å². The van der Waals surface area contributed by atoms with Gasteiger partial charge in [-0.3, -0.25) is 0 Å². The molecule has 9 heteroatoms. The summed E-state index contributed by atoms with van der Waals surface area (Å²) in [7, 11) is 0. The zero-order valence-corrected chi connectivity index (χ0v) is 10.9. The van der Waals surface area contributed by atoms with Gasteiger partial charge in [-0.15, -0.1) is 0 Å². The molecule has 1 atom stereocenters. The molecule has 0 spiro atoms. The molecule has 0 aliphatic heterocycles. The van der Waals surface area contributed by atoms with Crippen LogP contribution in [0.25, 0.3) is 5.95 Å². The molecule has 8 nitrogen and oxygen atoms in total. The van der Waals surface area contributed by atoms with Crippen molar-refractivity contribution >= 4 is 23.7 Å². The third-order valence-corrected chi connectivity index (χ3v) is 2.89. The zero-order chi connectivity index (χ0) is 13.0. The molecule has 96 valence electrons. The molecule has 3 N–H and O–H groups in total. The second-order valence-electron chi connectivity index (χ2n) is 3.66. The van der Waals surface area contributed by atoms with E-state index in [-0.39, 0.29) is 12.0 Å². The SMILES string of the molecule is CSCC(C)Nc1nc(N)nc(-n2cncn2)n1. The van der Waals surface area contributed by atoms with Crippen molar-refractivity contribution in [3.05, 3.63) is 12.7 Å². The normalized spacial score (nSPS) is 12.3. The van der Waals surface area contributed by atoms with E-state index in [1.165, 1.54) is 17.3 Å². The third kappa shape index (κ3) is 3.06. The summed E-state index contributed by atoms with van der Waals surface area (Å²) < 4.78 is 1.43. The molecule has 18 heavy (non-hydrogen) atoms. The van der Waals surface area contributed by atoms with Crippen LogP contribution in [0.4, 0.5) is 11.9 Å². The minimum absolute atomic E-state index is 0.148. The van der Waals surface area contributed by atoms with Crippen LogP contribution in [0.1, 0.15) is 6.92 Å². The molecule has 0 saturated carbocycles. The van der Waals surface area contributed by atoms with Crippen LogP contribution in [0, 0.1) is 0 Å². The van der Waals surface area contributed by atoms with Crippen molar-refractivity contribution in [1.82, 2.24) is 29.7 Å². The first-order valence-electron chi connectivity index (χ1n) is 5.31. The molecule has 2 aromatic rings. The van der Waals surface area contributed by atoms with Crippen molar-refractivity contribution in [2.75, 3.05) is 23.1 Å². The number of rotatable bonds is 5. The predicted octanol–water partition coefficient (Wildman–Crippen LogP) is 0.198. The summed E-state index contributed by atoms with van der Waals surface area (Å²) in [6.07, 6.45) is 4.95. The number of hydrogen-bond donors (Lipinski definition) is 2. The highest BCUT2D eigenvalue weighted by Crippen LogP contribution is 2.08. The van der Waals surface area contributed by atoms with E-state index in [0.717, 1.165) is 5.75 Å². The van der Waals surface area contributed by atoms with Gasteiger partial charge in [0, 0.05) is 11.8 Å². The molecule has 0 aliphatic carbocycles. The van der Waals surface area contributed by atoms with E-state index in [2.05, 4.69) is 30.4 Å². The molecule has 0 aliphatic rings. The average molecular weight is 266 g/mol. The van der Waals surface area contributed by atoms with Crippen molar-refractivity contribution in [3.63, 3.8) is 0 Å². The van der Waals surface area contributed by atoms with Gasteiger partial charge in [-0.05, 0) is 13.2 Å². The molecule has 1 unspecified atom stereocenters. The molecular formula is C9H14N8S. The molecule has 2 rings (SSSR count). The molecule has 0 aromatic carbocycles. The number of anilines is 2. The van der Waals surface area contributed by atoms with E-state index in [4.69, 9.17) is 5.73 Å². The van der Waals surface area contributed by atoms with Gasteiger partial charge in [0.2, 0.25) is 11.9 Å². The quantitative estimate of drug-likeness (QED) is 0.790. The first kappa shape index (κ1) is 12.6. The second kappa shape index (κ2) is 5.63. The summed E-state index contributed by atoms with van der Waals surface area (Å²) >= 11 is 1.74. The van der Waals surface area contributed by atoms with E-state index in [9.17, 15) is 0 Å². The highest BCUT2D eigenvalue weighted by molar-refractivity contribution is 7.98. The lowest BCUT2D eigenvalue weighted by Gasteiger charge is -2.12. The van der Waals surface area contributed by atoms with E-state index < -0.39 is 0 Å². The Hall–Kier alpha value is -1.90. The molecular weight excluding hydrogens is 252 g/mol. The molecule has 0 radical (unpaired) electrons. The van der Waals surface area contributed by atoms with Crippen LogP contribution in [-0.2, 0) is 0 Å². The van der Waals surface area contributed by atoms with E-state index in [1.807, 2.05) is 13.2 Å². The Morgan fingerprint density at radius 2 is 2.28 bits per heavy atom. The van der Waals surface area contributed by atoms with Gasteiger partial charge in [-0.2, -0.15) is 36.5 Å². The summed E-state index contributed by atoms with van der Waals surface area (Å²) in [6, 6.07) is 0.241. The van der Waals surface area contributed by atoms with Crippen LogP contribution >= 0.6 is 11.8 Å². The number of nitrogens with two attached hydrogens (primary N) is 1. The minimum atomic E-state index is 0.148. The van der Waals surface area contributed by atoms with Crippen LogP contribution in [0.15, 0.2) is 12.7 Å². The second-order valence-corrected chi connectivity index (χ2v) is 4.57. The lowest BCUT2D eigenvalue weighted by molar-refractivity contribution is 0.789. The molecule has 2 heterocycles. The van der Waals surface area contributed by atoms with E-state index in [1.54, 1.807) is 11.8 Å². The molecule has 2 aromatic heterocycles. The monoisotopic (exact) mass is 266 g/mol. The zero-order valence-electron chi connectivity index (χ0n) is 10.1. The van der Waals surface area contributed by atoms with Crippen LogP contribution in [0.3, 0.4) is 0 Å². The third-order valence-electron chi connectivity index (χ3n) is 2.06. The van der Waals surface area contributed by atoms with Crippen LogP contribution in [0.2, 0.25) is 0 Å². The summed E-state index contributed by atoms with van der Waals surface area (Å²) in [6.45, 7) is 2.05. The fourth-order valence-electron chi connectivity index (χ4n) is 1.37. The standard InChI is InChI=1S/C9H14N8S/c1-6(3-18-2)13-8-14-7(10)15-9(16-8)17-5-11-4-12-17/h4-6H,3H2,1-2H3,(H3,10,13,14,15,16). The van der Waals surface area contributed by atoms with Crippen molar-refractivity contribution in [2.45, 2.75) is 13.0 Å². The van der Waals surface area contributed by atoms with Gasteiger partial charge in [-0.25, -0.2) is 4.98 Å². The summed E-state index contributed by atoms with van der Waals surface area (Å²) in [5.74, 6) is 1.88.